The largest absolute Gasteiger partial charge is 0.490 e. The molecule has 8 heteroatoms. The lowest BCUT2D eigenvalue weighted by molar-refractivity contribution is 0.0695. The van der Waals surface area contributed by atoms with Crippen LogP contribution in [-0.2, 0) is 6.42 Å². The highest BCUT2D eigenvalue weighted by molar-refractivity contribution is 5.99. The molecule has 0 spiro atoms. The molecule has 1 heterocycles. The first-order valence-corrected chi connectivity index (χ1v) is 11.9. The second kappa shape index (κ2) is 10.4. The molecule has 3 aromatic carbocycles. The van der Waals surface area contributed by atoms with E-state index in [2.05, 4.69) is 10.3 Å². The third-order valence-electron chi connectivity index (χ3n) is 6.08. The number of aliphatic hydroxyl groups is 1. The fraction of sp³-hybridized carbons (Fsp3) is 0.241. The van der Waals surface area contributed by atoms with Crippen LogP contribution in [0.5, 0.6) is 5.75 Å². The standard InChI is InChI=1S/C29H29FN2O5/c1-17(2)37-26-9-8-18(19-10-20(28(35)36)12-22(30)11-19)13-24(26)27(34)32-29(3,16-33)14-21-15-31-25-7-5-4-6-23(21)25/h4-13,15,17,31,33H,14,16H2,1-3H3,(H,32,34)(H,35,36). The number of carboxylic acid groups (broad SMARTS) is 1. The van der Waals surface area contributed by atoms with Crippen molar-refractivity contribution in [2.75, 3.05) is 6.61 Å². The number of hydrogen-bond donors (Lipinski definition) is 4. The minimum absolute atomic E-state index is 0.186. The van der Waals surface area contributed by atoms with Crippen molar-refractivity contribution in [3.05, 3.63) is 89.4 Å². The normalized spacial score (nSPS) is 12.9. The van der Waals surface area contributed by atoms with Crippen molar-refractivity contribution >= 4 is 22.8 Å². The lowest BCUT2D eigenvalue weighted by Crippen LogP contribution is -2.50. The third kappa shape index (κ3) is 5.81. The van der Waals surface area contributed by atoms with Crippen LogP contribution in [0.25, 0.3) is 22.0 Å². The Morgan fingerprint density at radius 3 is 2.54 bits per heavy atom. The number of hydrogen-bond acceptors (Lipinski definition) is 4. The Balaban J connectivity index is 1.69. The molecule has 37 heavy (non-hydrogen) atoms. The minimum Gasteiger partial charge on any atom is -0.490 e. The Labute approximate surface area is 213 Å². The summed E-state index contributed by atoms with van der Waals surface area (Å²) in [6.07, 6.45) is 2.01. The van der Waals surface area contributed by atoms with Crippen LogP contribution >= 0.6 is 0 Å². The average molecular weight is 505 g/mol. The van der Waals surface area contributed by atoms with Crippen molar-refractivity contribution in [3.8, 4) is 16.9 Å². The summed E-state index contributed by atoms with van der Waals surface area (Å²) in [7, 11) is 0. The molecule has 0 aliphatic carbocycles. The molecule has 0 aliphatic heterocycles. The Hall–Kier alpha value is -4.17. The van der Waals surface area contributed by atoms with Gasteiger partial charge < -0.3 is 25.3 Å². The summed E-state index contributed by atoms with van der Waals surface area (Å²) >= 11 is 0. The summed E-state index contributed by atoms with van der Waals surface area (Å²) in [5, 5.41) is 23.5. The monoisotopic (exact) mass is 504 g/mol. The number of H-pyrrole nitrogens is 1. The number of amides is 1. The molecule has 1 unspecified atom stereocenters. The summed E-state index contributed by atoms with van der Waals surface area (Å²) in [6.45, 7) is 5.10. The molecule has 0 fully saturated rings. The van der Waals surface area contributed by atoms with Crippen LogP contribution in [0.2, 0.25) is 0 Å². The molecule has 7 nitrogen and oxygen atoms in total. The molecule has 0 saturated heterocycles. The van der Waals surface area contributed by atoms with Crippen molar-refractivity contribution in [2.24, 2.45) is 0 Å². The number of rotatable bonds is 9. The molecule has 0 aliphatic rings. The second-order valence-electron chi connectivity index (χ2n) is 9.62. The Morgan fingerprint density at radius 1 is 1.08 bits per heavy atom. The fourth-order valence-corrected chi connectivity index (χ4v) is 4.30. The summed E-state index contributed by atoms with van der Waals surface area (Å²) in [5.74, 6) is -2.12. The van der Waals surface area contributed by atoms with Gasteiger partial charge in [-0.2, -0.15) is 0 Å². The number of aromatic nitrogens is 1. The smallest absolute Gasteiger partial charge is 0.335 e. The Morgan fingerprint density at radius 2 is 1.84 bits per heavy atom. The number of fused-ring (bicyclic) bond motifs is 1. The zero-order valence-electron chi connectivity index (χ0n) is 20.8. The van der Waals surface area contributed by atoms with Crippen LogP contribution in [-0.4, -0.2) is 45.3 Å². The van der Waals surface area contributed by atoms with E-state index in [9.17, 15) is 24.2 Å². The third-order valence-corrected chi connectivity index (χ3v) is 6.08. The molecule has 4 N–H and O–H groups in total. The maximum absolute atomic E-state index is 14.1. The number of ether oxygens (including phenoxy) is 1. The van der Waals surface area contributed by atoms with Crippen molar-refractivity contribution in [3.63, 3.8) is 0 Å². The van der Waals surface area contributed by atoms with Crippen LogP contribution in [0.15, 0.2) is 66.9 Å². The SMILES string of the molecule is CC(C)Oc1ccc(-c2cc(F)cc(C(=O)O)c2)cc1C(=O)NC(C)(CO)Cc1c[nH]c2ccccc12. The molecular formula is C29H29FN2O5. The van der Waals surface area contributed by atoms with E-state index >= 15 is 0 Å². The summed E-state index contributed by atoms with van der Waals surface area (Å²) in [5.41, 5.74) is 1.65. The summed E-state index contributed by atoms with van der Waals surface area (Å²) in [4.78, 5) is 28.2. The van der Waals surface area contributed by atoms with E-state index in [0.29, 0.717) is 23.3 Å². The van der Waals surface area contributed by atoms with Crippen molar-refractivity contribution < 1.29 is 28.9 Å². The van der Waals surface area contributed by atoms with Gasteiger partial charge in [0, 0.05) is 17.1 Å². The Bertz CT molecular complexity index is 1460. The zero-order chi connectivity index (χ0) is 26.7. The highest BCUT2D eigenvalue weighted by atomic mass is 19.1. The average Bonchev–Trinajstić information content (AvgIpc) is 3.25. The van der Waals surface area contributed by atoms with Crippen molar-refractivity contribution in [1.29, 1.82) is 0 Å². The van der Waals surface area contributed by atoms with Gasteiger partial charge in [0.05, 0.1) is 29.4 Å². The Kier molecular flexibility index (Phi) is 7.31. The topological polar surface area (TPSA) is 112 Å². The second-order valence-corrected chi connectivity index (χ2v) is 9.62. The van der Waals surface area contributed by atoms with E-state index in [1.807, 2.05) is 44.3 Å². The number of nitrogens with one attached hydrogen (secondary N) is 2. The molecule has 4 aromatic rings. The van der Waals surface area contributed by atoms with Crippen LogP contribution in [0.1, 0.15) is 47.1 Å². The van der Waals surface area contributed by atoms with E-state index < -0.39 is 23.2 Å². The molecule has 0 radical (unpaired) electrons. The lowest BCUT2D eigenvalue weighted by atomic mass is 9.92. The van der Waals surface area contributed by atoms with Gasteiger partial charge >= 0.3 is 5.97 Å². The predicted molar refractivity (Wildman–Crippen MR) is 140 cm³/mol. The van der Waals surface area contributed by atoms with Gasteiger partial charge in [0.15, 0.2) is 0 Å². The first-order chi connectivity index (χ1) is 17.6. The number of para-hydroxylation sites is 1. The molecule has 0 bridgehead atoms. The van der Waals surface area contributed by atoms with Gasteiger partial charge in [0.2, 0.25) is 0 Å². The molecular weight excluding hydrogens is 475 g/mol. The highest BCUT2D eigenvalue weighted by Gasteiger charge is 2.29. The van der Waals surface area contributed by atoms with Gasteiger partial charge in [-0.05, 0) is 80.3 Å². The number of halogens is 1. The van der Waals surface area contributed by atoms with Gasteiger partial charge in [0.25, 0.3) is 5.91 Å². The van der Waals surface area contributed by atoms with E-state index in [1.165, 1.54) is 18.2 Å². The molecule has 192 valence electrons. The first-order valence-electron chi connectivity index (χ1n) is 11.9. The number of carboxylic acids is 1. The fourth-order valence-electron chi connectivity index (χ4n) is 4.30. The maximum Gasteiger partial charge on any atom is 0.335 e. The van der Waals surface area contributed by atoms with Crippen molar-refractivity contribution in [1.82, 2.24) is 10.3 Å². The van der Waals surface area contributed by atoms with Crippen LogP contribution in [0.4, 0.5) is 4.39 Å². The quantitative estimate of drug-likeness (QED) is 0.251. The number of aromatic carboxylic acids is 1. The van der Waals surface area contributed by atoms with Crippen molar-refractivity contribution in [2.45, 2.75) is 38.8 Å². The van der Waals surface area contributed by atoms with E-state index in [0.717, 1.165) is 22.5 Å². The molecule has 4 rings (SSSR count). The first kappa shape index (κ1) is 25.9. The summed E-state index contributed by atoms with van der Waals surface area (Å²) < 4.78 is 20.0. The van der Waals surface area contributed by atoms with Gasteiger partial charge in [-0.1, -0.05) is 24.3 Å². The van der Waals surface area contributed by atoms with Gasteiger partial charge in [0.1, 0.15) is 11.6 Å². The van der Waals surface area contributed by atoms with E-state index in [1.54, 1.807) is 19.1 Å². The van der Waals surface area contributed by atoms with E-state index in [-0.39, 0.29) is 23.8 Å². The molecule has 1 aromatic heterocycles. The predicted octanol–water partition coefficient (Wildman–Crippen LogP) is 5.18. The molecule has 0 saturated carbocycles. The molecule has 1 amide bonds. The van der Waals surface area contributed by atoms with Crippen LogP contribution in [0, 0.1) is 5.82 Å². The van der Waals surface area contributed by atoms with Gasteiger partial charge in [-0.15, -0.1) is 0 Å². The minimum atomic E-state index is -1.26. The number of aliphatic hydroxyl groups excluding tert-OH is 1. The summed E-state index contributed by atoms with van der Waals surface area (Å²) in [6, 6.07) is 16.1. The van der Waals surface area contributed by atoms with Crippen LogP contribution in [0.3, 0.4) is 0 Å². The maximum atomic E-state index is 14.1. The van der Waals surface area contributed by atoms with E-state index in [4.69, 9.17) is 4.74 Å². The van der Waals surface area contributed by atoms with Gasteiger partial charge in [-0.3, -0.25) is 4.79 Å². The lowest BCUT2D eigenvalue weighted by Gasteiger charge is -2.29. The van der Waals surface area contributed by atoms with Gasteiger partial charge in [-0.25, -0.2) is 9.18 Å². The number of carbonyl (C=O) groups excluding carboxylic acids is 1. The zero-order valence-corrected chi connectivity index (χ0v) is 20.8. The molecule has 1 atom stereocenters. The number of benzene rings is 3. The number of aromatic amines is 1. The highest BCUT2D eigenvalue weighted by Crippen LogP contribution is 2.30. The number of carbonyl (C=O) groups is 2. The van der Waals surface area contributed by atoms with Crippen LogP contribution < -0.4 is 10.1 Å².